The van der Waals surface area contributed by atoms with Crippen LogP contribution in [0.2, 0.25) is 5.02 Å². The molecule has 1 aliphatic heterocycles. The molecule has 0 aliphatic carbocycles. The van der Waals surface area contributed by atoms with E-state index in [4.69, 9.17) is 25.8 Å². The van der Waals surface area contributed by atoms with Gasteiger partial charge in [-0.15, -0.1) is 10.2 Å². The summed E-state index contributed by atoms with van der Waals surface area (Å²) in [6, 6.07) is 9.36. The van der Waals surface area contributed by atoms with E-state index >= 15 is 0 Å². The van der Waals surface area contributed by atoms with Crippen LogP contribution in [0.5, 0.6) is 11.5 Å². The Bertz CT molecular complexity index is 1250. The fraction of sp³-hybridized carbons (Fsp3) is 0.348. The molecule has 0 saturated carbocycles. The second kappa shape index (κ2) is 9.74. The third kappa shape index (κ3) is 4.78. The van der Waals surface area contributed by atoms with Gasteiger partial charge in [-0.3, -0.25) is 9.36 Å². The van der Waals surface area contributed by atoms with Gasteiger partial charge in [-0.1, -0.05) is 23.7 Å². The summed E-state index contributed by atoms with van der Waals surface area (Å²) in [5.41, 5.74) is 0.749. The Labute approximate surface area is 203 Å². The summed E-state index contributed by atoms with van der Waals surface area (Å²) in [5.74, 6) is -2.13. The third-order valence-corrected chi connectivity index (χ3v) is 5.52. The number of benzene rings is 2. The van der Waals surface area contributed by atoms with Crippen molar-refractivity contribution in [2.24, 2.45) is 0 Å². The second-order valence-electron chi connectivity index (χ2n) is 7.56. The number of aromatic nitrogens is 3. The van der Waals surface area contributed by atoms with Crippen LogP contribution in [0.15, 0.2) is 36.4 Å². The van der Waals surface area contributed by atoms with E-state index in [0.717, 1.165) is 4.57 Å². The molecule has 1 aliphatic rings. The Kier molecular flexibility index (Phi) is 6.91. The molecule has 0 amide bonds. The van der Waals surface area contributed by atoms with E-state index in [1.165, 1.54) is 18.2 Å². The second-order valence-corrected chi connectivity index (χ2v) is 8.00. The van der Waals surface area contributed by atoms with Gasteiger partial charge in [0.05, 0.1) is 25.3 Å². The largest absolute Gasteiger partial charge is 0.490 e. The SMILES string of the molecule is CCOc1cccc([C@@H]2O[C@@H](CC(=O)O)c3nnc(C(F)(F)F)n3-c3ccc(Cl)cc32)c1OCC. The number of alkyl halides is 3. The predicted molar refractivity (Wildman–Crippen MR) is 118 cm³/mol. The molecule has 3 aromatic rings. The van der Waals surface area contributed by atoms with Crippen molar-refractivity contribution < 1.29 is 37.3 Å². The topological polar surface area (TPSA) is 95.7 Å². The highest BCUT2D eigenvalue weighted by molar-refractivity contribution is 6.30. The van der Waals surface area contributed by atoms with Gasteiger partial charge in [0.2, 0.25) is 5.82 Å². The molecule has 2 heterocycles. The number of aliphatic carboxylic acids is 1. The van der Waals surface area contributed by atoms with Crippen molar-refractivity contribution in [3.05, 3.63) is 64.2 Å². The van der Waals surface area contributed by atoms with Crippen molar-refractivity contribution in [3.8, 4) is 17.2 Å². The average Bonchev–Trinajstić information content (AvgIpc) is 3.19. The molecule has 1 N–H and O–H groups in total. The zero-order chi connectivity index (χ0) is 25.3. The molecular weight excluding hydrogens is 491 g/mol. The van der Waals surface area contributed by atoms with Crippen molar-refractivity contribution in [1.29, 1.82) is 0 Å². The van der Waals surface area contributed by atoms with Gasteiger partial charge in [0, 0.05) is 16.1 Å². The number of hydrogen-bond donors (Lipinski definition) is 1. The first-order valence-electron chi connectivity index (χ1n) is 10.7. The Morgan fingerprint density at radius 3 is 2.54 bits per heavy atom. The number of ether oxygens (including phenoxy) is 3. The van der Waals surface area contributed by atoms with E-state index in [0.29, 0.717) is 23.7 Å². The number of rotatable bonds is 7. The highest BCUT2D eigenvalue weighted by Crippen LogP contribution is 2.47. The summed E-state index contributed by atoms with van der Waals surface area (Å²) in [7, 11) is 0. The number of fused-ring (bicyclic) bond motifs is 3. The number of carboxylic acids is 1. The monoisotopic (exact) mass is 511 g/mol. The zero-order valence-corrected chi connectivity index (χ0v) is 19.4. The zero-order valence-electron chi connectivity index (χ0n) is 18.7. The maximum Gasteiger partial charge on any atom is 0.452 e. The molecule has 0 saturated heterocycles. The smallest absolute Gasteiger partial charge is 0.452 e. The van der Waals surface area contributed by atoms with Crippen molar-refractivity contribution in [1.82, 2.24) is 14.8 Å². The van der Waals surface area contributed by atoms with Gasteiger partial charge in [-0.25, -0.2) is 0 Å². The molecule has 1 aromatic heterocycles. The van der Waals surface area contributed by atoms with Gasteiger partial charge in [0.15, 0.2) is 17.3 Å². The lowest BCUT2D eigenvalue weighted by Crippen LogP contribution is -2.17. The van der Waals surface area contributed by atoms with E-state index in [-0.39, 0.29) is 28.7 Å². The maximum atomic E-state index is 13.9. The summed E-state index contributed by atoms with van der Waals surface area (Å²) in [6.07, 6.45) is -7.93. The van der Waals surface area contributed by atoms with E-state index < -0.39 is 36.6 Å². The van der Waals surface area contributed by atoms with E-state index in [1.54, 1.807) is 32.0 Å². The summed E-state index contributed by atoms with van der Waals surface area (Å²) in [4.78, 5) is 11.6. The Hall–Kier alpha value is -3.31. The molecule has 35 heavy (non-hydrogen) atoms. The first-order chi connectivity index (χ1) is 16.7. The van der Waals surface area contributed by atoms with Crippen molar-refractivity contribution in [2.75, 3.05) is 13.2 Å². The number of nitrogens with zero attached hydrogens (tertiary/aromatic N) is 3. The molecular formula is C23H21ClF3N3O5. The molecule has 4 rings (SSSR count). The van der Waals surface area contributed by atoms with Crippen LogP contribution in [0, 0.1) is 0 Å². The number of carboxylic acid groups (broad SMARTS) is 1. The summed E-state index contributed by atoms with van der Waals surface area (Å²) in [5, 5.41) is 16.7. The predicted octanol–water partition coefficient (Wildman–Crippen LogP) is 5.37. The van der Waals surface area contributed by atoms with Gasteiger partial charge in [0.1, 0.15) is 12.2 Å². The van der Waals surface area contributed by atoms with Gasteiger partial charge in [0.25, 0.3) is 0 Å². The summed E-state index contributed by atoms with van der Waals surface area (Å²) < 4.78 is 60.2. The van der Waals surface area contributed by atoms with Crippen molar-refractivity contribution in [2.45, 2.75) is 38.7 Å². The number of carbonyl (C=O) groups is 1. The van der Waals surface area contributed by atoms with Crippen molar-refractivity contribution >= 4 is 17.6 Å². The van der Waals surface area contributed by atoms with Crippen LogP contribution in [-0.2, 0) is 15.7 Å². The molecule has 186 valence electrons. The van der Waals surface area contributed by atoms with Gasteiger partial charge < -0.3 is 19.3 Å². The minimum atomic E-state index is -4.86. The molecule has 8 nitrogen and oxygen atoms in total. The molecule has 0 fully saturated rings. The lowest BCUT2D eigenvalue weighted by Gasteiger charge is -2.25. The van der Waals surface area contributed by atoms with Crippen molar-refractivity contribution in [3.63, 3.8) is 0 Å². The normalized spacial score (nSPS) is 17.3. The standard InChI is InChI=1S/C23H21ClF3N3O5/c1-3-33-16-7-5-6-13(20(16)34-4-2)19-14-10-12(24)8-9-15(14)30-21(17(35-19)11-18(31)32)28-29-22(30)23(25,26)27/h5-10,17,19H,3-4,11H2,1-2H3,(H,31,32)/t17-,19-/m0/s1. The summed E-state index contributed by atoms with van der Waals surface area (Å²) in [6.45, 7) is 4.19. The third-order valence-electron chi connectivity index (χ3n) is 5.28. The number of para-hydroxylation sites is 1. The molecule has 2 aromatic carbocycles. The molecule has 0 unspecified atom stereocenters. The van der Waals surface area contributed by atoms with Crippen LogP contribution >= 0.6 is 11.6 Å². The fourth-order valence-electron chi connectivity index (χ4n) is 4.01. The Morgan fingerprint density at radius 2 is 1.89 bits per heavy atom. The van der Waals surface area contributed by atoms with E-state index in [9.17, 15) is 23.1 Å². The molecule has 2 atom stereocenters. The summed E-state index contributed by atoms with van der Waals surface area (Å²) >= 11 is 6.25. The van der Waals surface area contributed by atoms with E-state index in [1.807, 2.05) is 0 Å². The van der Waals surface area contributed by atoms with Crippen LogP contribution in [0.3, 0.4) is 0 Å². The quantitative estimate of drug-likeness (QED) is 0.455. The lowest BCUT2D eigenvalue weighted by molar-refractivity contribution is -0.146. The minimum Gasteiger partial charge on any atom is -0.490 e. The first-order valence-corrected chi connectivity index (χ1v) is 11.1. The van der Waals surface area contributed by atoms with Crippen LogP contribution < -0.4 is 9.47 Å². The van der Waals surface area contributed by atoms with E-state index in [2.05, 4.69) is 10.2 Å². The molecule has 0 radical (unpaired) electrons. The maximum absolute atomic E-state index is 13.9. The number of halogens is 4. The molecule has 12 heteroatoms. The average molecular weight is 512 g/mol. The molecule has 0 spiro atoms. The van der Waals surface area contributed by atoms with Gasteiger partial charge in [-0.05, 0) is 38.1 Å². The Balaban J connectivity index is 2.02. The van der Waals surface area contributed by atoms with Crippen LogP contribution in [0.1, 0.15) is 55.3 Å². The number of hydrogen-bond acceptors (Lipinski definition) is 6. The highest BCUT2D eigenvalue weighted by atomic mass is 35.5. The lowest BCUT2D eigenvalue weighted by atomic mass is 9.98. The minimum absolute atomic E-state index is 0.0591. The van der Waals surface area contributed by atoms with Crippen LogP contribution in [0.4, 0.5) is 13.2 Å². The van der Waals surface area contributed by atoms with Crippen LogP contribution in [0.25, 0.3) is 5.69 Å². The Morgan fingerprint density at radius 1 is 1.14 bits per heavy atom. The van der Waals surface area contributed by atoms with Crippen LogP contribution in [-0.4, -0.2) is 39.1 Å². The van der Waals surface area contributed by atoms with Gasteiger partial charge in [-0.2, -0.15) is 13.2 Å². The molecule has 0 bridgehead atoms. The van der Waals surface area contributed by atoms with Gasteiger partial charge >= 0.3 is 12.1 Å². The first kappa shape index (κ1) is 24.8. The highest BCUT2D eigenvalue weighted by Gasteiger charge is 2.43. The fourth-order valence-corrected chi connectivity index (χ4v) is 4.19.